The molecule has 3 saturated carbocycles. The molecular formula is C21H21F2N5O2. The summed E-state index contributed by atoms with van der Waals surface area (Å²) in [6.07, 6.45) is 7.73. The van der Waals surface area contributed by atoms with Crippen LogP contribution in [0.2, 0.25) is 0 Å². The molecule has 156 valence electrons. The van der Waals surface area contributed by atoms with Crippen LogP contribution in [0.4, 0.5) is 14.6 Å². The first-order valence-corrected chi connectivity index (χ1v) is 10.1. The Bertz CT molecular complexity index is 1110. The predicted octanol–water partition coefficient (Wildman–Crippen LogP) is 3.85. The van der Waals surface area contributed by atoms with E-state index in [0.29, 0.717) is 29.1 Å². The van der Waals surface area contributed by atoms with Crippen molar-refractivity contribution >= 4 is 22.8 Å². The van der Waals surface area contributed by atoms with E-state index in [0.717, 1.165) is 38.1 Å². The predicted molar refractivity (Wildman–Crippen MR) is 106 cm³/mol. The first kappa shape index (κ1) is 18.9. The van der Waals surface area contributed by atoms with Gasteiger partial charge in [0, 0.05) is 23.7 Å². The number of aliphatic carboxylic acids is 1. The molecule has 0 spiro atoms. The molecule has 0 radical (unpaired) electrons. The fraction of sp³-hybridized carbons (Fsp3) is 0.429. The minimum atomic E-state index is -0.770. The molecule has 30 heavy (non-hydrogen) atoms. The van der Waals surface area contributed by atoms with Crippen molar-refractivity contribution in [3.8, 4) is 11.4 Å². The highest BCUT2D eigenvalue weighted by Crippen LogP contribution is 2.49. The molecule has 2 bridgehead atoms. The second kappa shape index (κ2) is 7.30. The molecule has 6 rings (SSSR count). The Morgan fingerprint density at radius 2 is 1.93 bits per heavy atom. The van der Waals surface area contributed by atoms with E-state index in [4.69, 9.17) is 0 Å². The summed E-state index contributed by atoms with van der Waals surface area (Å²) >= 11 is 0. The third-order valence-electron chi connectivity index (χ3n) is 6.66. The summed E-state index contributed by atoms with van der Waals surface area (Å²) in [7, 11) is 0. The summed E-state index contributed by atoms with van der Waals surface area (Å²) < 4.78 is 28.0. The largest absolute Gasteiger partial charge is 0.481 e. The number of nitrogens with one attached hydrogen (secondary N) is 2. The summed E-state index contributed by atoms with van der Waals surface area (Å²) in [5.41, 5.74) is 0.997. The summed E-state index contributed by atoms with van der Waals surface area (Å²) in [5, 5.41) is 13.2. The summed E-state index contributed by atoms with van der Waals surface area (Å²) in [5.74, 6) is -1.56. The van der Waals surface area contributed by atoms with Crippen LogP contribution in [-0.4, -0.2) is 37.6 Å². The molecule has 3 aliphatic carbocycles. The highest BCUT2D eigenvalue weighted by Gasteiger charge is 2.46. The van der Waals surface area contributed by atoms with Crippen molar-refractivity contribution in [3.63, 3.8) is 0 Å². The van der Waals surface area contributed by atoms with Crippen molar-refractivity contribution in [2.24, 2.45) is 23.7 Å². The molecular weight excluding hydrogens is 392 g/mol. The molecule has 3 aromatic heterocycles. The average Bonchev–Trinajstić information content (AvgIpc) is 3.16. The van der Waals surface area contributed by atoms with E-state index >= 15 is 0 Å². The number of carboxylic acid groups (broad SMARTS) is 1. The zero-order valence-electron chi connectivity index (χ0n) is 16.1. The topological polar surface area (TPSA) is 104 Å². The second-order valence-corrected chi connectivity index (χ2v) is 8.23. The van der Waals surface area contributed by atoms with Gasteiger partial charge in [-0.25, -0.2) is 23.7 Å². The van der Waals surface area contributed by atoms with Crippen LogP contribution in [0, 0.1) is 35.3 Å². The lowest BCUT2D eigenvalue weighted by Crippen LogP contribution is -2.46. The van der Waals surface area contributed by atoms with Gasteiger partial charge in [-0.15, -0.1) is 0 Å². The van der Waals surface area contributed by atoms with E-state index in [1.165, 1.54) is 6.07 Å². The Labute approximate surface area is 171 Å². The quantitative estimate of drug-likeness (QED) is 0.587. The van der Waals surface area contributed by atoms with Crippen LogP contribution in [0.25, 0.3) is 22.4 Å². The number of pyridine rings is 1. The van der Waals surface area contributed by atoms with Crippen LogP contribution in [0.15, 0.2) is 24.7 Å². The minimum absolute atomic E-state index is 0.0179. The third kappa shape index (κ3) is 3.18. The van der Waals surface area contributed by atoms with Crippen molar-refractivity contribution in [2.45, 2.75) is 25.7 Å². The summed E-state index contributed by atoms with van der Waals surface area (Å²) in [6.45, 7) is 0.343. The molecule has 0 aliphatic heterocycles. The first-order valence-electron chi connectivity index (χ1n) is 10.1. The number of fused-ring (bicyclic) bond motifs is 4. The van der Waals surface area contributed by atoms with Crippen LogP contribution in [0.3, 0.4) is 0 Å². The van der Waals surface area contributed by atoms with E-state index in [2.05, 4.69) is 25.3 Å². The lowest BCUT2D eigenvalue weighted by Gasteiger charge is -2.46. The molecule has 0 aromatic carbocycles. The minimum Gasteiger partial charge on any atom is -0.481 e. The van der Waals surface area contributed by atoms with E-state index in [9.17, 15) is 18.7 Å². The van der Waals surface area contributed by atoms with Gasteiger partial charge >= 0.3 is 5.97 Å². The van der Waals surface area contributed by atoms with Crippen LogP contribution < -0.4 is 5.32 Å². The number of carbonyl (C=O) groups is 1. The molecule has 3 heterocycles. The number of carboxylic acids is 1. The number of hydrogen-bond acceptors (Lipinski definition) is 5. The number of aromatic nitrogens is 4. The number of hydrogen-bond donors (Lipinski definition) is 3. The zero-order chi connectivity index (χ0) is 20.8. The average molecular weight is 413 g/mol. The normalized spacial score (nSPS) is 25.5. The number of anilines is 1. The van der Waals surface area contributed by atoms with E-state index in [-0.39, 0.29) is 23.5 Å². The summed E-state index contributed by atoms with van der Waals surface area (Å²) in [6, 6.07) is 1.32. The van der Waals surface area contributed by atoms with Gasteiger partial charge in [0.15, 0.2) is 17.5 Å². The standard InChI is InChI=1S/C21H21F2N5O2/c22-12-5-13-15(8-25-18(13)24-6-12)19-27-9-16(23)20(28-19)26-7-14-10-1-3-11(4-2-10)17(14)21(29)30/h5-6,8-11,14,17H,1-4,7H2,(H,24,25)(H,29,30)(H,26,27,28). The smallest absolute Gasteiger partial charge is 0.307 e. The van der Waals surface area contributed by atoms with Gasteiger partial charge in [-0.05, 0) is 49.5 Å². The lowest BCUT2D eigenvalue weighted by molar-refractivity contribution is -0.151. The SMILES string of the molecule is O=C(O)C1C2CCC(CC2)C1CNc1nc(-c2c[nH]c3ncc(F)cc23)ncc1F. The highest BCUT2D eigenvalue weighted by molar-refractivity contribution is 5.91. The molecule has 9 heteroatoms. The maximum absolute atomic E-state index is 14.4. The highest BCUT2D eigenvalue weighted by atomic mass is 19.1. The van der Waals surface area contributed by atoms with Crippen LogP contribution in [-0.2, 0) is 4.79 Å². The van der Waals surface area contributed by atoms with E-state index in [1.807, 2.05) is 0 Å². The number of halogens is 2. The van der Waals surface area contributed by atoms with Gasteiger partial charge in [0.05, 0.1) is 18.3 Å². The van der Waals surface area contributed by atoms with Crippen molar-refractivity contribution in [1.82, 2.24) is 19.9 Å². The van der Waals surface area contributed by atoms with E-state index in [1.54, 1.807) is 6.20 Å². The number of nitrogens with zero attached hydrogens (tertiary/aromatic N) is 3. The molecule has 3 fully saturated rings. The monoisotopic (exact) mass is 413 g/mol. The van der Waals surface area contributed by atoms with Gasteiger partial charge in [0.1, 0.15) is 11.5 Å². The van der Waals surface area contributed by atoms with Crippen LogP contribution >= 0.6 is 0 Å². The third-order valence-corrected chi connectivity index (χ3v) is 6.66. The Morgan fingerprint density at radius 3 is 2.70 bits per heavy atom. The van der Waals surface area contributed by atoms with E-state index < -0.39 is 23.5 Å². The number of H-pyrrole nitrogens is 1. The Balaban J connectivity index is 1.41. The van der Waals surface area contributed by atoms with Gasteiger partial charge in [-0.1, -0.05) is 0 Å². The van der Waals surface area contributed by atoms with Gasteiger partial charge < -0.3 is 15.4 Å². The van der Waals surface area contributed by atoms with Gasteiger partial charge in [0.25, 0.3) is 0 Å². The Hall–Kier alpha value is -3.10. The van der Waals surface area contributed by atoms with Crippen LogP contribution in [0.5, 0.6) is 0 Å². The maximum Gasteiger partial charge on any atom is 0.307 e. The first-order chi connectivity index (χ1) is 14.5. The fourth-order valence-corrected chi connectivity index (χ4v) is 5.25. The Morgan fingerprint density at radius 1 is 1.17 bits per heavy atom. The number of aromatic amines is 1. The summed E-state index contributed by atoms with van der Waals surface area (Å²) in [4.78, 5) is 27.1. The van der Waals surface area contributed by atoms with Crippen molar-refractivity contribution in [2.75, 3.05) is 11.9 Å². The molecule has 3 N–H and O–H groups in total. The fourth-order valence-electron chi connectivity index (χ4n) is 5.25. The lowest BCUT2D eigenvalue weighted by atomic mass is 9.58. The van der Waals surface area contributed by atoms with Gasteiger partial charge in [0.2, 0.25) is 0 Å². The molecule has 2 atom stereocenters. The van der Waals surface area contributed by atoms with Crippen LogP contribution in [0.1, 0.15) is 25.7 Å². The Kier molecular flexibility index (Phi) is 4.60. The molecule has 3 aliphatic rings. The molecule has 3 aromatic rings. The molecule has 0 amide bonds. The molecule has 2 unspecified atom stereocenters. The zero-order valence-corrected chi connectivity index (χ0v) is 16.1. The van der Waals surface area contributed by atoms with Gasteiger partial charge in [-0.2, -0.15) is 0 Å². The molecule has 7 nitrogen and oxygen atoms in total. The molecule has 0 saturated heterocycles. The van der Waals surface area contributed by atoms with Gasteiger partial charge in [-0.3, -0.25) is 4.79 Å². The van der Waals surface area contributed by atoms with Crippen molar-refractivity contribution < 1.29 is 18.7 Å². The van der Waals surface area contributed by atoms with Crippen molar-refractivity contribution in [3.05, 3.63) is 36.3 Å². The maximum atomic E-state index is 14.4. The van der Waals surface area contributed by atoms with Crippen molar-refractivity contribution in [1.29, 1.82) is 0 Å². The second-order valence-electron chi connectivity index (χ2n) is 8.23. The number of rotatable bonds is 5.